The van der Waals surface area contributed by atoms with Crippen molar-refractivity contribution in [3.8, 4) is 17.4 Å². The Labute approximate surface area is 181 Å². The average Bonchev–Trinajstić information content (AvgIpc) is 2.80. The fourth-order valence-electron chi connectivity index (χ4n) is 4.44. The summed E-state index contributed by atoms with van der Waals surface area (Å²) in [5.41, 5.74) is 9.65. The number of aromatic nitrogens is 2. The number of phenols is 1. The molecule has 160 valence electrons. The highest BCUT2D eigenvalue weighted by Gasteiger charge is 2.36. The molecule has 1 aromatic heterocycles. The second-order valence-electron chi connectivity index (χ2n) is 8.02. The first-order chi connectivity index (χ1) is 15.2. The van der Waals surface area contributed by atoms with E-state index in [1.807, 2.05) is 28.8 Å². The van der Waals surface area contributed by atoms with Gasteiger partial charge in [0.05, 0.1) is 25.7 Å². The van der Waals surface area contributed by atoms with E-state index >= 15 is 0 Å². The molecule has 3 aromatic rings. The fraction of sp³-hybridized carbons (Fsp3) is 0.333. The third-order valence-corrected chi connectivity index (χ3v) is 6.04. The van der Waals surface area contributed by atoms with Crippen LogP contribution in [0, 0.1) is 0 Å². The third kappa shape index (κ3) is 3.94. The van der Waals surface area contributed by atoms with E-state index in [1.165, 1.54) is 0 Å². The first kappa shape index (κ1) is 19.8. The van der Waals surface area contributed by atoms with Crippen LogP contribution in [0.2, 0.25) is 0 Å². The summed E-state index contributed by atoms with van der Waals surface area (Å²) in [6.45, 7) is 5.37. The van der Waals surface area contributed by atoms with Crippen molar-refractivity contribution in [2.45, 2.75) is 18.9 Å². The van der Waals surface area contributed by atoms with Crippen LogP contribution in [0.4, 0.5) is 5.82 Å². The molecule has 0 aliphatic carbocycles. The van der Waals surface area contributed by atoms with Gasteiger partial charge in [0, 0.05) is 31.3 Å². The van der Waals surface area contributed by atoms with Crippen LogP contribution in [-0.2, 0) is 11.3 Å². The second-order valence-corrected chi connectivity index (χ2v) is 8.02. The topological polar surface area (TPSA) is 84.7 Å². The number of nitrogen functional groups attached to an aromatic ring is 1. The number of anilines is 1. The highest BCUT2D eigenvalue weighted by molar-refractivity contribution is 5.62. The SMILES string of the molecule is Nc1c2c(nc[n+]1CCCN1CCOCC1)Oc1cc(O)ccc1[C@H]2c1ccccc1. The number of nitrogens with two attached hydrogens (primary N) is 1. The van der Waals surface area contributed by atoms with E-state index in [1.54, 1.807) is 18.5 Å². The summed E-state index contributed by atoms with van der Waals surface area (Å²) in [4.78, 5) is 7.02. The van der Waals surface area contributed by atoms with Crippen LogP contribution in [0.25, 0.3) is 0 Å². The van der Waals surface area contributed by atoms with Gasteiger partial charge < -0.3 is 20.3 Å². The molecule has 2 aromatic carbocycles. The van der Waals surface area contributed by atoms with E-state index in [0.29, 0.717) is 17.4 Å². The predicted octanol–water partition coefficient (Wildman–Crippen LogP) is 2.67. The van der Waals surface area contributed by atoms with Gasteiger partial charge in [0.1, 0.15) is 17.1 Å². The van der Waals surface area contributed by atoms with Gasteiger partial charge >= 0.3 is 5.88 Å². The largest absolute Gasteiger partial charge is 0.508 e. The summed E-state index contributed by atoms with van der Waals surface area (Å²) < 4.78 is 13.5. The number of ether oxygens (including phenoxy) is 2. The van der Waals surface area contributed by atoms with Crippen molar-refractivity contribution in [3.05, 3.63) is 71.5 Å². The Kier molecular flexibility index (Phi) is 5.44. The Morgan fingerprint density at radius 2 is 1.94 bits per heavy atom. The number of aryl methyl sites for hydroxylation is 1. The number of fused-ring (bicyclic) bond motifs is 2. The van der Waals surface area contributed by atoms with Crippen molar-refractivity contribution in [3.63, 3.8) is 0 Å². The first-order valence-corrected chi connectivity index (χ1v) is 10.7. The Bertz CT molecular complexity index is 1070. The molecule has 2 aliphatic heterocycles. The van der Waals surface area contributed by atoms with Crippen LogP contribution in [0.5, 0.6) is 17.4 Å². The molecule has 1 saturated heterocycles. The number of aromatic hydroxyl groups is 1. The van der Waals surface area contributed by atoms with Crippen molar-refractivity contribution >= 4 is 5.82 Å². The Hall–Kier alpha value is -3.16. The third-order valence-electron chi connectivity index (χ3n) is 6.04. The summed E-state index contributed by atoms with van der Waals surface area (Å²) in [5, 5.41) is 9.96. The van der Waals surface area contributed by atoms with Gasteiger partial charge in [-0.15, -0.1) is 0 Å². The van der Waals surface area contributed by atoms with Crippen molar-refractivity contribution < 1.29 is 19.1 Å². The van der Waals surface area contributed by atoms with Crippen LogP contribution in [-0.4, -0.2) is 47.8 Å². The second kappa shape index (κ2) is 8.53. The van der Waals surface area contributed by atoms with Gasteiger partial charge in [-0.25, -0.2) is 4.57 Å². The molecule has 0 amide bonds. The van der Waals surface area contributed by atoms with Gasteiger partial charge in [0.25, 0.3) is 0 Å². The van der Waals surface area contributed by atoms with E-state index in [2.05, 4.69) is 22.0 Å². The fourth-order valence-corrected chi connectivity index (χ4v) is 4.44. The molecule has 7 heteroatoms. The lowest BCUT2D eigenvalue weighted by molar-refractivity contribution is -0.686. The van der Waals surface area contributed by atoms with Crippen molar-refractivity contribution in [2.75, 3.05) is 38.6 Å². The highest BCUT2D eigenvalue weighted by atomic mass is 16.5. The minimum Gasteiger partial charge on any atom is -0.508 e. The summed E-state index contributed by atoms with van der Waals surface area (Å²) in [6, 6.07) is 15.4. The molecule has 3 N–H and O–H groups in total. The molecule has 3 heterocycles. The van der Waals surface area contributed by atoms with E-state index in [-0.39, 0.29) is 11.7 Å². The maximum absolute atomic E-state index is 9.96. The summed E-state index contributed by atoms with van der Waals surface area (Å²) in [7, 11) is 0. The molecular weight excluding hydrogens is 392 g/mol. The lowest BCUT2D eigenvalue weighted by Gasteiger charge is -2.28. The normalized spacial score (nSPS) is 18.1. The van der Waals surface area contributed by atoms with E-state index in [4.69, 9.17) is 15.2 Å². The van der Waals surface area contributed by atoms with Gasteiger partial charge in [0.2, 0.25) is 12.1 Å². The summed E-state index contributed by atoms with van der Waals surface area (Å²) in [6.07, 6.45) is 2.74. The first-order valence-electron chi connectivity index (χ1n) is 10.7. The standard InChI is InChI=1S/C24H26N4O3/c25-23-22-21(17-5-2-1-3-6-17)19-8-7-18(29)15-20(19)31-24(22)26-16-28(23)10-4-9-27-11-13-30-14-12-27/h1-3,5-8,15-16,21,25,29H,4,9-14H2/p+1/t21-/m1/s1. The van der Waals surface area contributed by atoms with Gasteiger partial charge in [-0.3, -0.25) is 4.90 Å². The zero-order chi connectivity index (χ0) is 21.2. The van der Waals surface area contributed by atoms with Crippen LogP contribution in [0.1, 0.15) is 29.0 Å². The van der Waals surface area contributed by atoms with E-state index in [9.17, 15) is 5.11 Å². The van der Waals surface area contributed by atoms with Gasteiger partial charge in [-0.05, 0) is 18.1 Å². The smallest absolute Gasteiger partial charge is 0.306 e. The molecular formula is C24H27N4O3+. The predicted molar refractivity (Wildman–Crippen MR) is 116 cm³/mol. The molecule has 7 nitrogen and oxygen atoms in total. The maximum atomic E-state index is 9.96. The number of rotatable bonds is 5. The van der Waals surface area contributed by atoms with Gasteiger partial charge in [-0.2, -0.15) is 0 Å². The number of morpholine rings is 1. The molecule has 1 fully saturated rings. The monoisotopic (exact) mass is 419 g/mol. The zero-order valence-corrected chi connectivity index (χ0v) is 17.4. The molecule has 0 unspecified atom stereocenters. The minimum absolute atomic E-state index is 0.111. The van der Waals surface area contributed by atoms with E-state index in [0.717, 1.165) is 62.5 Å². The molecule has 0 saturated carbocycles. The van der Waals surface area contributed by atoms with Crippen LogP contribution < -0.4 is 15.0 Å². The van der Waals surface area contributed by atoms with Crippen molar-refractivity contribution in [1.82, 2.24) is 9.88 Å². The minimum atomic E-state index is -0.111. The van der Waals surface area contributed by atoms with Crippen molar-refractivity contribution in [1.29, 1.82) is 0 Å². The number of phenolic OH excluding ortho intramolecular Hbond substituents is 1. The molecule has 31 heavy (non-hydrogen) atoms. The Morgan fingerprint density at radius 1 is 1.13 bits per heavy atom. The molecule has 5 rings (SSSR count). The molecule has 2 aliphatic rings. The lowest BCUT2D eigenvalue weighted by Crippen LogP contribution is -2.42. The zero-order valence-electron chi connectivity index (χ0n) is 17.4. The van der Waals surface area contributed by atoms with Crippen LogP contribution in [0.3, 0.4) is 0 Å². The average molecular weight is 420 g/mol. The maximum Gasteiger partial charge on any atom is 0.306 e. The number of nitrogens with zero attached hydrogens (tertiary/aromatic N) is 3. The van der Waals surface area contributed by atoms with E-state index < -0.39 is 0 Å². The molecule has 0 bridgehead atoms. The van der Waals surface area contributed by atoms with Gasteiger partial charge in [-0.1, -0.05) is 41.4 Å². The lowest BCUT2D eigenvalue weighted by atomic mass is 9.83. The molecule has 1 atom stereocenters. The number of benzene rings is 2. The summed E-state index contributed by atoms with van der Waals surface area (Å²) >= 11 is 0. The quantitative estimate of drug-likeness (QED) is 0.484. The highest BCUT2D eigenvalue weighted by Crippen LogP contribution is 2.48. The number of hydrogen-bond donors (Lipinski definition) is 2. The van der Waals surface area contributed by atoms with Crippen LogP contribution in [0.15, 0.2) is 54.9 Å². The molecule has 0 spiro atoms. The summed E-state index contributed by atoms with van der Waals surface area (Å²) in [5.74, 6) is 1.82. The molecule has 0 radical (unpaired) electrons. The Balaban J connectivity index is 1.48. The number of hydrogen-bond acceptors (Lipinski definition) is 6. The van der Waals surface area contributed by atoms with Gasteiger partial charge in [0.15, 0.2) is 0 Å². The van der Waals surface area contributed by atoms with Crippen molar-refractivity contribution in [2.24, 2.45) is 0 Å². The Morgan fingerprint density at radius 3 is 2.74 bits per heavy atom. The van der Waals surface area contributed by atoms with Crippen LogP contribution >= 0.6 is 0 Å².